The van der Waals surface area contributed by atoms with E-state index in [9.17, 15) is 39.6 Å². The first kappa shape index (κ1) is 39.0. The summed E-state index contributed by atoms with van der Waals surface area (Å²) in [6, 6.07) is 7.39. The standard InChI is InChI=1S/C41H39FN4O12S/c1-3-41(54)23-9-27-33-21(13-46(27)37(49)22(23)15-55-39(41)52)32-25(6-5-19-16(2)24(42)10-26(44-33)31(19)32)45-40(53)56-14-17-4-7-29(20-8-18(12-43)59-36(17)20)57-30-11-28(47)34(48)35(58-30)38(50)51/h4,7-10,25,28,30,34-35,47-48,54H,3,5-6,11-15,43H2,1-2H3,(H,45,53)(H,50,51)/t25?,28-,30-,34+,35+,41-/m1/s1. The summed E-state index contributed by atoms with van der Waals surface area (Å²) >= 11 is 1.36. The predicted molar refractivity (Wildman–Crippen MR) is 207 cm³/mol. The number of carboxylic acids is 1. The lowest BCUT2D eigenvalue weighted by Gasteiger charge is -2.34. The lowest BCUT2D eigenvalue weighted by atomic mass is 9.81. The number of ether oxygens (including phenoxy) is 4. The number of aryl methyl sites for hydroxylation is 1. The van der Waals surface area contributed by atoms with E-state index >= 15 is 4.39 Å². The molecule has 16 nitrogen and oxygen atoms in total. The number of aliphatic carboxylic acids is 1. The van der Waals surface area contributed by atoms with E-state index in [4.69, 9.17) is 29.7 Å². The molecule has 1 saturated heterocycles. The van der Waals surface area contributed by atoms with Gasteiger partial charge in [-0.25, -0.2) is 23.8 Å². The zero-order chi connectivity index (χ0) is 41.7. The SMILES string of the molecule is CC[C@]1(O)C(=O)OCc2c1cc1n(c2=O)Cc2c-1nc1cc(F)c(C)c3c1c2C(NC(=O)OCc1ccc(O[C@H]2C[C@@H](O)[C@H](O)[C@@H](C(=O)O)O2)c2cc(CN)sc12)CC3. The second-order valence-electron chi connectivity index (χ2n) is 15.2. The number of amides is 1. The van der Waals surface area contributed by atoms with Crippen molar-refractivity contribution in [2.45, 2.75) is 102 Å². The maximum absolute atomic E-state index is 15.4. The monoisotopic (exact) mass is 830 g/mol. The topological polar surface area (TPSA) is 242 Å². The predicted octanol–water partition coefficient (Wildman–Crippen LogP) is 3.41. The Bertz CT molecular complexity index is 2700. The molecule has 6 atom stereocenters. The number of carboxylic acid groups (broad SMARTS) is 1. The van der Waals surface area contributed by atoms with E-state index in [0.717, 1.165) is 10.4 Å². The maximum Gasteiger partial charge on any atom is 0.407 e. The Kier molecular flexibility index (Phi) is 9.48. The smallest absolute Gasteiger partial charge is 0.407 e. The molecule has 3 aliphatic heterocycles. The lowest BCUT2D eigenvalue weighted by Crippen LogP contribution is -2.53. The second-order valence-corrected chi connectivity index (χ2v) is 16.4. The Balaban J connectivity index is 1.02. The third kappa shape index (κ3) is 6.15. The van der Waals surface area contributed by atoms with Crippen molar-refractivity contribution in [3.8, 4) is 17.1 Å². The molecule has 308 valence electrons. The molecule has 5 aromatic rings. The fraction of sp³-hybridized carbons (Fsp3) is 0.390. The molecule has 1 aliphatic carbocycles. The number of aromatic nitrogens is 2. The normalized spacial score (nSPS) is 24.3. The summed E-state index contributed by atoms with van der Waals surface area (Å²) in [7, 11) is 0. The average Bonchev–Trinajstić information content (AvgIpc) is 3.82. The second kappa shape index (κ2) is 14.4. The van der Waals surface area contributed by atoms with Gasteiger partial charge in [0, 0.05) is 56.1 Å². The summed E-state index contributed by atoms with van der Waals surface area (Å²) in [5.74, 6) is -2.43. The summed E-state index contributed by atoms with van der Waals surface area (Å²) in [5.41, 5.74) is 8.02. The van der Waals surface area contributed by atoms with Gasteiger partial charge < -0.3 is 55.0 Å². The van der Waals surface area contributed by atoms with E-state index in [1.807, 2.05) is 0 Å². The average molecular weight is 831 g/mol. The molecule has 1 amide bonds. The fourth-order valence-corrected chi connectivity index (χ4v) is 9.86. The third-order valence-electron chi connectivity index (χ3n) is 11.9. The molecule has 2 aromatic carbocycles. The molecule has 59 heavy (non-hydrogen) atoms. The van der Waals surface area contributed by atoms with Crippen molar-refractivity contribution in [3.63, 3.8) is 0 Å². The summed E-state index contributed by atoms with van der Waals surface area (Å²) in [6.07, 6.45) is -6.02. The van der Waals surface area contributed by atoms with Crippen LogP contribution in [0.25, 0.3) is 32.4 Å². The lowest BCUT2D eigenvalue weighted by molar-refractivity contribution is -0.228. The quantitative estimate of drug-likeness (QED) is 0.121. The number of esters is 1. The van der Waals surface area contributed by atoms with Gasteiger partial charge in [0.1, 0.15) is 30.9 Å². The van der Waals surface area contributed by atoms with Gasteiger partial charge in [-0.05, 0) is 61.1 Å². The highest BCUT2D eigenvalue weighted by atomic mass is 32.1. The molecule has 0 bridgehead atoms. The third-order valence-corrected chi connectivity index (χ3v) is 13.2. The molecule has 6 heterocycles. The van der Waals surface area contributed by atoms with Gasteiger partial charge in [-0.15, -0.1) is 11.3 Å². The summed E-state index contributed by atoms with van der Waals surface area (Å²) < 4.78 is 40.0. The highest BCUT2D eigenvalue weighted by Gasteiger charge is 2.46. The van der Waals surface area contributed by atoms with Crippen LogP contribution in [0.3, 0.4) is 0 Å². The van der Waals surface area contributed by atoms with Crippen LogP contribution in [0, 0.1) is 12.7 Å². The minimum atomic E-state index is -2.03. The molecule has 18 heteroatoms. The molecule has 1 fully saturated rings. The Morgan fingerprint density at radius 1 is 1.17 bits per heavy atom. The van der Waals surface area contributed by atoms with Crippen LogP contribution in [0.5, 0.6) is 5.75 Å². The Labute approximate surface area is 337 Å². The minimum Gasteiger partial charge on any atom is -0.479 e. The Hall–Kier alpha value is -5.50. The van der Waals surface area contributed by atoms with Crippen LogP contribution in [0.15, 0.2) is 35.1 Å². The molecule has 0 saturated carbocycles. The molecular formula is C41H39FN4O12S. The zero-order valence-electron chi connectivity index (χ0n) is 31.7. The van der Waals surface area contributed by atoms with Crippen LogP contribution in [-0.4, -0.2) is 72.6 Å². The number of halogens is 1. The number of carbonyl (C=O) groups is 3. The van der Waals surface area contributed by atoms with Crippen molar-refractivity contribution in [2.75, 3.05) is 0 Å². The summed E-state index contributed by atoms with van der Waals surface area (Å²) in [6.45, 7) is 3.13. The largest absolute Gasteiger partial charge is 0.479 e. The van der Waals surface area contributed by atoms with Gasteiger partial charge in [-0.3, -0.25) is 4.79 Å². The van der Waals surface area contributed by atoms with Crippen molar-refractivity contribution in [3.05, 3.63) is 90.3 Å². The van der Waals surface area contributed by atoms with Gasteiger partial charge in [0.25, 0.3) is 5.56 Å². The van der Waals surface area contributed by atoms with Crippen LogP contribution in [0.2, 0.25) is 0 Å². The van der Waals surface area contributed by atoms with Crippen LogP contribution in [0.4, 0.5) is 9.18 Å². The summed E-state index contributed by atoms with van der Waals surface area (Å²) in [5, 5.41) is 45.4. The van der Waals surface area contributed by atoms with Gasteiger partial charge in [-0.1, -0.05) is 13.0 Å². The highest BCUT2D eigenvalue weighted by molar-refractivity contribution is 7.19. The summed E-state index contributed by atoms with van der Waals surface area (Å²) in [4.78, 5) is 57.7. The van der Waals surface area contributed by atoms with Gasteiger partial charge in [0.05, 0.1) is 41.2 Å². The molecule has 7 N–H and O–H groups in total. The first-order chi connectivity index (χ1) is 28.2. The van der Waals surface area contributed by atoms with Crippen molar-refractivity contribution in [1.82, 2.24) is 14.9 Å². The highest BCUT2D eigenvalue weighted by Crippen LogP contribution is 2.46. The number of carbonyl (C=O) groups excluding carboxylic acids is 2. The number of rotatable bonds is 8. The number of cyclic esters (lactones) is 1. The number of hydrogen-bond donors (Lipinski definition) is 6. The van der Waals surface area contributed by atoms with E-state index in [1.165, 1.54) is 22.0 Å². The number of alkyl carbamates (subject to hydrolysis) is 1. The Morgan fingerprint density at radius 2 is 1.97 bits per heavy atom. The number of pyridine rings is 2. The van der Waals surface area contributed by atoms with E-state index in [2.05, 4.69) is 5.32 Å². The molecular weight excluding hydrogens is 792 g/mol. The van der Waals surface area contributed by atoms with Crippen LogP contribution in [0.1, 0.15) is 76.0 Å². The molecule has 0 radical (unpaired) electrons. The number of nitrogens with zero attached hydrogens (tertiary/aromatic N) is 2. The van der Waals surface area contributed by atoms with Crippen LogP contribution < -0.4 is 21.3 Å². The minimum absolute atomic E-state index is 0.0295. The number of benzene rings is 2. The Morgan fingerprint density at radius 3 is 2.71 bits per heavy atom. The van der Waals surface area contributed by atoms with Gasteiger partial charge >= 0.3 is 18.0 Å². The first-order valence-corrected chi connectivity index (χ1v) is 19.9. The number of thiophene rings is 1. The van der Waals surface area contributed by atoms with Crippen LogP contribution in [-0.2, 0) is 62.1 Å². The molecule has 0 spiro atoms. The number of fused-ring (bicyclic) bond motifs is 6. The van der Waals surface area contributed by atoms with E-state index in [-0.39, 0.29) is 50.3 Å². The number of aliphatic hydroxyl groups is 3. The molecule has 3 aromatic heterocycles. The van der Waals surface area contributed by atoms with E-state index in [1.54, 1.807) is 38.1 Å². The van der Waals surface area contributed by atoms with Crippen molar-refractivity contribution in [1.29, 1.82) is 0 Å². The zero-order valence-corrected chi connectivity index (χ0v) is 32.6. The number of hydrogen-bond acceptors (Lipinski definition) is 14. The number of nitrogens with one attached hydrogen (secondary N) is 1. The maximum atomic E-state index is 15.4. The van der Waals surface area contributed by atoms with Crippen LogP contribution >= 0.6 is 11.3 Å². The number of nitrogens with two attached hydrogens (primary N) is 1. The van der Waals surface area contributed by atoms with Gasteiger partial charge in [-0.2, -0.15) is 0 Å². The first-order valence-electron chi connectivity index (χ1n) is 19.1. The number of aliphatic hydroxyl groups excluding tert-OH is 2. The van der Waals surface area contributed by atoms with Crippen molar-refractivity contribution >= 4 is 50.4 Å². The molecule has 4 aliphatic rings. The van der Waals surface area contributed by atoms with Gasteiger partial charge in [0.2, 0.25) is 6.29 Å². The van der Waals surface area contributed by atoms with Gasteiger partial charge in [0.15, 0.2) is 11.7 Å². The van der Waals surface area contributed by atoms with Crippen molar-refractivity contribution in [2.24, 2.45) is 5.73 Å². The molecule has 1 unspecified atom stereocenters. The van der Waals surface area contributed by atoms with E-state index < -0.39 is 65.7 Å². The fourth-order valence-electron chi connectivity index (χ4n) is 8.81. The van der Waals surface area contributed by atoms with Crippen molar-refractivity contribution < 1.29 is 58.1 Å². The molecule has 9 rings (SSSR count). The van der Waals surface area contributed by atoms with E-state index in [0.29, 0.717) is 73.2 Å².